The zero-order chi connectivity index (χ0) is 26.0. The van der Waals surface area contributed by atoms with Crippen LogP contribution in [0.25, 0.3) is 0 Å². The molecule has 0 aliphatic rings. The molecule has 0 aromatic carbocycles. The summed E-state index contributed by atoms with van der Waals surface area (Å²) < 4.78 is 15.7. The molecule has 0 heterocycles. The second-order valence-corrected chi connectivity index (χ2v) is 10.7. The molecule has 0 rings (SSSR count). The average molecular weight is 476 g/mol. The van der Waals surface area contributed by atoms with Crippen molar-refractivity contribution in [2.75, 3.05) is 13.1 Å². The maximum Gasteiger partial charge on any atom is 0.407 e. The normalized spacial score (nSPS) is 13.8. The number of ether oxygens (including phenoxy) is 3. The molecule has 0 aliphatic heterocycles. The quantitative estimate of drug-likeness (QED) is 0.370. The van der Waals surface area contributed by atoms with E-state index in [4.69, 9.17) is 14.2 Å². The second-order valence-electron chi connectivity index (χ2n) is 10.7. The number of hydrogen-bond donors (Lipinski definition) is 4. The fourth-order valence-electron chi connectivity index (χ4n) is 2.64. The molecule has 0 fully saturated rings. The maximum atomic E-state index is 12.4. The zero-order valence-electron chi connectivity index (χ0n) is 21.3. The van der Waals surface area contributed by atoms with E-state index < -0.39 is 53.0 Å². The van der Waals surface area contributed by atoms with Crippen LogP contribution in [-0.4, -0.2) is 65.3 Å². The van der Waals surface area contributed by atoms with E-state index in [2.05, 4.69) is 16.0 Å². The van der Waals surface area contributed by atoms with Crippen LogP contribution >= 0.6 is 0 Å². The lowest BCUT2D eigenvalue weighted by Gasteiger charge is -2.29. The standard InChI is InChI=1S/C22H41N3O8/c1-20(2,3)31-17(28)23-11-10-15(25-19(30)33-22(7,8)9)14(12-16(26)27)13-24-18(29)32-21(4,5)6/h14-15H,10-13H2,1-9H3,(H,23,28)(H,24,29)(H,25,30)(H,26,27). The summed E-state index contributed by atoms with van der Waals surface area (Å²) in [6.07, 6.45) is -2.26. The fraction of sp³-hybridized carbons (Fsp3) is 0.818. The van der Waals surface area contributed by atoms with Crippen LogP contribution in [0.4, 0.5) is 14.4 Å². The Morgan fingerprint density at radius 2 is 1.15 bits per heavy atom. The highest BCUT2D eigenvalue weighted by Crippen LogP contribution is 2.15. The minimum Gasteiger partial charge on any atom is -0.481 e. The SMILES string of the molecule is CC(C)(C)OC(=O)NCCC(NC(=O)OC(C)(C)C)C(CNC(=O)OC(C)(C)C)CC(=O)O. The van der Waals surface area contributed by atoms with Crippen LogP contribution in [-0.2, 0) is 19.0 Å². The third-order valence-electron chi connectivity index (χ3n) is 3.74. The first-order valence-electron chi connectivity index (χ1n) is 10.9. The minimum atomic E-state index is -1.11. The minimum absolute atomic E-state index is 0.0753. The van der Waals surface area contributed by atoms with Gasteiger partial charge in [-0.1, -0.05) is 0 Å². The number of hydrogen-bond acceptors (Lipinski definition) is 7. The molecule has 0 radical (unpaired) electrons. The van der Waals surface area contributed by atoms with Crippen LogP contribution in [0.5, 0.6) is 0 Å². The molecule has 0 aromatic heterocycles. The summed E-state index contributed by atoms with van der Waals surface area (Å²) in [4.78, 5) is 47.8. The molecule has 2 atom stereocenters. The van der Waals surface area contributed by atoms with E-state index >= 15 is 0 Å². The number of aliphatic carboxylic acids is 1. The van der Waals surface area contributed by atoms with Crippen molar-refractivity contribution in [2.24, 2.45) is 5.92 Å². The lowest BCUT2D eigenvalue weighted by atomic mass is 9.93. The molecular formula is C22H41N3O8. The van der Waals surface area contributed by atoms with Gasteiger partial charge in [0.1, 0.15) is 16.8 Å². The predicted molar refractivity (Wildman–Crippen MR) is 122 cm³/mol. The van der Waals surface area contributed by atoms with Crippen molar-refractivity contribution in [2.45, 2.75) is 98.0 Å². The van der Waals surface area contributed by atoms with Gasteiger partial charge in [0, 0.05) is 25.0 Å². The summed E-state index contributed by atoms with van der Waals surface area (Å²) >= 11 is 0. The molecule has 4 N–H and O–H groups in total. The van der Waals surface area contributed by atoms with Gasteiger partial charge in [-0.2, -0.15) is 0 Å². The monoisotopic (exact) mass is 475 g/mol. The van der Waals surface area contributed by atoms with Crippen molar-refractivity contribution in [3.05, 3.63) is 0 Å². The van der Waals surface area contributed by atoms with Crippen LogP contribution in [0, 0.1) is 5.92 Å². The van der Waals surface area contributed by atoms with Crippen molar-refractivity contribution in [1.82, 2.24) is 16.0 Å². The van der Waals surface area contributed by atoms with Gasteiger partial charge in [-0.25, -0.2) is 14.4 Å². The Morgan fingerprint density at radius 1 is 0.727 bits per heavy atom. The Kier molecular flexibility index (Phi) is 11.5. The fourth-order valence-corrected chi connectivity index (χ4v) is 2.64. The zero-order valence-corrected chi connectivity index (χ0v) is 21.3. The number of rotatable bonds is 9. The van der Waals surface area contributed by atoms with E-state index in [1.54, 1.807) is 62.3 Å². The molecule has 11 nitrogen and oxygen atoms in total. The van der Waals surface area contributed by atoms with Crippen LogP contribution in [0.3, 0.4) is 0 Å². The third kappa shape index (κ3) is 17.5. The number of alkyl carbamates (subject to hydrolysis) is 3. The molecular weight excluding hydrogens is 434 g/mol. The Morgan fingerprint density at radius 3 is 1.58 bits per heavy atom. The first kappa shape index (κ1) is 30.3. The van der Waals surface area contributed by atoms with E-state index in [1.165, 1.54) is 0 Å². The Hall–Kier alpha value is -2.72. The lowest BCUT2D eigenvalue weighted by Crippen LogP contribution is -2.49. The molecule has 0 aliphatic carbocycles. The molecule has 11 heteroatoms. The van der Waals surface area contributed by atoms with Crippen molar-refractivity contribution < 1.29 is 38.5 Å². The molecule has 0 saturated carbocycles. The van der Waals surface area contributed by atoms with E-state index in [0.717, 1.165) is 0 Å². The van der Waals surface area contributed by atoms with Gasteiger partial charge in [0.2, 0.25) is 0 Å². The van der Waals surface area contributed by atoms with Crippen molar-refractivity contribution >= 4 is 24.2 Å². The number of nitrogens with one attached hydrogen (secondary N) is 3. The number of carboxylic acid groups (broad SMARTS) is 1. The molecule has 192 valence electrons. The molecule has 2 unspecified atom stereocenters. The van der Waals surface area contributed by atoms with Gasteiger partial charge >= 0.3 is 24.2 Å². The smallest absolute Gasteiger partial charge is 0.407 e. The van der Waals surface area contributed by atoms with Crippen molar-refractivity contribution in [1.29, 1.82) is 0 Å². The first-order valence-corrected chi connectivity index (χ1v) is 10.9. The topological polar surface area (TPSA) is 152 Å². The Labute approximate surface area is 196 Å². The second kappa shape index (κ2) is 12.5. The summed E-state index contributed by atoms with van der Waals surface area (Å²) in [5.41, 5.74) is -2.17. The van der Waals surface area contributed by atoms with E-state index in [1.807, 2.05) is 0 Å². The molecule has 0 aromatic rings. The number of carboxylic acids is 1. The summed E-state index contributed by atoms with van der Waals surface area (Å²) in [7, 11) is 0. The van der Waals surface area contributed by atoms with Crippen LogP contribution in [0.1, 0.15) is 75.2 Å². The van der Waals surface area contributed by atoms with E-state index in [9.17, 15) is 24.3 Å². The predicted octanol–water partition coefficient (Wildman–Crippen LogP) is 3.41. The van der Waals surface area contributed by atoms with Crippen LogP contribution < -0.4 is 16.0 Å². The van der Waals surface area contributed by atoms with Crippen molar-refractivity contribution in [3.8, 4) is 0 Å². The van der Waals surface area contributed by atoms with Gasteiger partial charge < -0.3 is 35.3 Å². The average Bonchev–Trinajstić information content (AvgIpc) is 2.52. The number of amides is 3. The molecule has 0 saturated heterocycles. The van der Waals surface area contributed by atoms with E-state index in [-0.39, 0.29) is 25.9 Å². The van der Waals surface area contributed by atoms with Gasteiger partial charge in [-0.15, -0.1) is 0 Å². The summed E-state index contributed by atoms with van der Waals surface area (Å²) in [6.45, 7) is 15.4. The number of carbonyl (C=O) groups is 4. The number of carbonyl (C=O) groups excluding carboxylic acids is 3. The largest absolute Gasteiger partial charge is 0.481 e. The Bertz CT molecular complexity index is 675. The van der Waals surface area contributed by atoms with E-state index in [0.29, 0.717) is 0 Å². The molecule has 0 bridgehead atoms. The highest BCUT2D eigenvalue weighted by Gasteiger charge is 2.29. The molecule has 33 heavy (non-hydrogen) atoms. The van der Waals surface area contributed by atoms with Gasteiger partial charge in [-0.3, -0.25) is 4.79 Å². The highest BCUT2D eigenvalue weighted by molar-refractivity contribution is 5.70. The van der Waals surface area contributed by atoms with Crippen molar-refractivity contribution in [3.63, 3.8) is 0 Å². The third-order valence-corrected chi connectivity index (χ3v) is 3.74. The summed E-state index contributed by atoms with van der Waals surface area (Å²) in [5, 5.41) is 17.2. The van der Waals surface area contributed by atoms with Crippen LogP contribution in [0.15, 0.2) is 0 Å². The summed E-state index contributed by atoms with van der Waals surface area (Å²) in [6, 6.07) is -0.735. The van der Waals surface area contributed by atoms with Crippen LogP contribution in [0.2, 0.25) is 0 Å². The van der Waals surface area contributed by atoms with Gasteiger partial charge in [-0.05, 0) is 68.7 Å². The van der Waals surface area contributed by atoms with Gasteiger partial charge in [0.05, 0.1) is 6.42 Å². The molecule has 0 spiro atoms. The maximum absolute atomic E-state index is 12.4. The highest BCUT2D eigenvalue weighted by atomic mass is 16.6. The molecule has 3 amide bonds. The Balaban J connectivity index is 5.37. The van der Waals surface area contributed by atoms with Gasteiger partial charge in [0.25, 0.3) is 0 Å². The summed E-state index contributed by atoms with van der Waals surface area (Å²) in [5.74, 6) is -1.81. The van der Waals surface area contributed by atoms with Gasteiger partial charge in [0.15, 0.2) is 0 Å². The first-order chi connectivity index (χ1) is 14.8. The lowest BCUT2D eigenvalue weighted by molar-refractivity contribution is -0.138.